The van der Waals surface area contributed by atoms with Crippen molar-refractivity contribution in [3.05, 3.63) is 0 Å². The third kappa shape index (κ3) is 8.19. The van der Waals surface area contributed by atoms with Crippen molar-refractivity contribution in [2.75, 3.05) is 19.5 Å². The molecule has 0 bridgehead atoms. The fourth-order valence-electron chi connectivity index (χ4n) is 0.670. The largest absolute Gasteiger partial charge is 0.443 e. The minimum atomic E-state index is -3.66. The van der Waals surface area contributed by atoms with E-state index < -0.39 is 21.7 Å². The molecule has 0 heterocycles. The number of hydrogen-bond donors (Lipinski definition) is 1. The lowest BCUT2D eigenvalue weighted by molar-refractivity contribution is 0.0570. The van der Waals surface area contributed by atoms with Gasteiger partial charge in [-0.15, -0.1) is 0 Å². The SMILES string of the molecule is COCCS(=O)(=O)NC(=O)OC(C)(C)C. The Labute approximate surface area is 90.0 Å². The summed E-state index contributed by atoms with van der Waals surface area (Å²) in [4.78, 5) is 11.1. The van der Waals surface area contributed by atoms with E-state index in [0.717, 1.165) is 0 Å². The van der Waals surface area contributed by atoms with Crippen molar-refractivity contribution < 1.29 is 22.7 Å². The summed E-state index contributed by atoms with van der Waals surface area (Å²) in [6.45, 7) is 4.97. The Balaban J connectivity index is 4.17. The first-order chi connectivity index (χ1) is 6.66. The van der Waals surface area contributed by atoms with E-state index in [2.05, 4.69) is 4.74 Å². The van der Waals surface area contributed by atoms with Gasteiger partial charge in [0.15, 0.2) is 0 Å². The number of carbonyl (C=O) groups is 1. The molecule has 1 amide bonds. The normalized spacial score (nSPS) is 12.3. The molecule has 0 saturated heterocycles. The van der Waals surface area contributed by atoms with Gasteiger partial charge < -0.3 is 9.47 Å². The average molecular weight is 239 g/mol. The Kier molecular flexibility index (Phi) is 5.02. The smallest absolute Gasteiger partial charge is 0.421 e. The van der Waals surface area contributed by atoms with Gasteiger partial charge >= 0.3 is 6.09 Å². The van der Waals surface area contributed by atoms with Crippen LogP contribution in [0.15, 0.2) is 0 Å². The molecule has 0 atom stereocenters. The van der Waals surface area contributed by atoms with Gasteiger partial charge in [-0.05, 0) is 20.8 Å². The zero-order valence-electron chi connectivity index (χ0n) is 9.36. The number of rotatable bonds is 4. The average Bonchev–Trinajstić information content (AvgIpc) is 1.95. The standard InChI is InChI=1S/C8H17NO5S/c1-8(2,3)14-7(10)9-15(11,12)6-5-13-4/h5-6H2,1-4H3,(H,9,10). The minimum Gasteiger partial charge on any atom is -0.443 e. The first-order valence-electron chi connectivity index (χ1n) is 4.39. The van der Waals surface area contributed by atoms with E-state index in [9.17, 15) is 13.2 Å². The van der Waals surface area contributed by atoms with Gasteiger partial charge in [-0.3, -0.25) is 0 Å². The van der Waals surface area contributed by atoms with Crippen LogP contribution in [0.2, 0.25) is 0 Å². The van der Waals surface area contributed by atoms with Crippen LogP contribution in [0.4, 0.5) is 4.79 Å². The fourth-order valence-corrected chi connectivity index (χ4v) is 1.45. The van der Waals surface area contributed by atoms with Crippen molar-refractivity contribution in [2.45, 2.75) is 26.4 Å². The highest BCUT2D eigenvalue weighted by atomic mass is 32.2. The number of amides is 1. The maximum Gasteiger partial charge on any atom is 0.421 e. The predicted molar refractivity (Wildman–Crippen MR) is 55.0 cm³/mol. The van der Waals surface area contributed by atoms with Crippen LogP contribution in [0.1, 0.15) is 20.8 Å². The summed E-state index contributed by atoms with van der Waals surface area (Å²) in [5.74, 6) is -0.275. The van der Waals surface area contributed by atoms with E-state index in [1.54, 1.807) is 25.5 Å². The fraction of sp³-hybridized carbons (Fsp3) is 0.875. The Morgan fingerprint density at radius 3 is 2.27 bits per heavy atom. The van der Waals surface area contributed by atoms with Gasteiger partial charge in [-0.25, -0.2) is 17.9 Å². The minimum absolute atomic E-state index is 0.0259. The Bertz CT molecular complexity index is 303. The molecule has 90 valence electrons. The molecule has 0 aliphatic heterocycles. The summed E-state index contributed by atoms with van der Waals surface area (Å²) in [6, 6.07) is 0. The monoisotopic (exact) mass is 239 g/mol. The molecule has 0 fully saturated rings. The van der Waals surface area contributed by atoms with Gasteiger partial charge in [-0.2, -0.15) is 0 Å². The van der Waals surface area contributed by atoms with Crippen molar-refractivity contribution >= 4 is 16.1 Å². The highest BCUT2D eigenvalue weighted by Crippen LogP contribution is 2.06. The van der Waals surface area contributed by atoms with Crippen molar-refractivity contribution in [2.24, 2.45) is 0 Å². The molecule has 7 heteroatoms. The van der Waals surface area contributed by atoms with Crippen molar-refractivity contribution in [3.8, 4) is 0 Å². The van der Waals surface area contributed by atoms with Gasteiger partial charge in [0.25, 0.3) is 0 Å². The van der Waals surface area contributed by atoms with Crippen LogP contribution in [0.3, 0.4) is 0 Å². The summed E-state index contributed by atoms with van der Waals surface area (Å²) >= 11 is 0. The van der Waals surface area contributed by atoms with Crippen LogP contribution in [0.25, 0.3) is 0 Å². The molecule has 15 heavy (non-hydrogen) atoms. The lowest BCUT2D eigenvalue weighted by atomic mass is 10.2. The second-order valence-electron chi connectivity index (χ2n) is 3.92. The first kappa shape index (κ1) is 14.2. The molecule has 0 saturated carbocycles. The van der Waals surface area contributed by atoms with E-state index in [4.69, 9.17) is 4.74 Å². The van der Waals surface area contributed by atoms with Gasteiger partial charge in [0.1, 0.15) is 5.60 Å². The molecule has 0 aromatic carbocycles. The molecule has 0 radical (unpaired) electrons. The molecule has 6 nitrogen and oxygen atoms in total. The molecule has 0 aliphatic rings. The summed E-state index contributed by atoms with van der Waals surface area (Å²) in [6.07, 6.45) is -0.974. The summed E-state index contributed by atoms with van der Waals surface area (Å²) < 4.78 is 33.5. The van der Waals surface area contributed by atoms with Crippen molar-refractivity contribution in [1.82, 2.24) is 4.72 Å². The summed E-state index contributed by atoms with van der Waals surface area (Å²) in [5, 5.41) is 0. The number of carbonyl (C=O) groups excluding carboxylic acids is 1. The highest BCUT2D eigenvalue weighted by Gasteiger charge is 2.20. The Morgan fingerprint density at radius 1 is 1.33 bits per heavy atom. The van der Waals surface area contributed by atoms with Crippen LogP contribution in [-0.4, -0.2) is 39.6 Å². The van der Waals surface area contributed by atoms with E-state index >= 15 is 0 Å². The molecule has 0 aromatic rings. The summed E-state index contributed by atoms with van der Waals surface area (Å²) in [5.41, 5.74) is -0.721. The quantitative estimate of drug-likeness (QED) is 0.772. The first-order valence-corrected chi connectivity index (χ1v) is 6.04. The third-order valence-electron chi connectivity index (χ3n) is 1.19. The lowest BCUT2D eigenvalue weighted by Crippen LogP contribution is -2.38. The van der Waals surface area contributed by atoms with Crippen LogP contribution in [-0.2, 0) is 19.5 Å². The second kappa shape index (κ2) is 5.32. The molecular weight excluding hydrogens is 222 g/mol. The highest BCUT2D eigenvalue weighted by molar-refractivity contribution is 7.90. The van der Waals surface area contributed by atoms with Gasteiger partial charge in [0.2, 0.25) is 10.0 Å². The van der Waals surface area contributed by atoms with Crippen LogP contribution in [0.5, 0.6) is 0 Å². The number of hydrogen-bond acceptors (Lipinski definition) is 5. The topological polar surface area (TPSA) is 81.7 Å². The zero-order valence-corrected chi connectivity index (χ0v) is 10.2. The number of methoxy groups -OCH3 is 1. The molecule has 1 N–H and O–H groups in total. The third-order valence-corrected chi connectivity index (χ3v) is 2.38. The van der Waals surface area contributed by atoms with Crippen LogP contribution in [0, 0.1) is 0 Å². The molecule has 0 rings (SSSR count). The number of nitrogens with one attached hydrogen (secondary N) is 1. The van der Waals surface area contributed by atoms with E-state index in [-0.39, 0.29) is 12.4 Å². The molecule has 0 aliphatic carbocycles. The van der Waals surface area contributed by atoms with E-state index in [1.807, 2.05) is 0 Å². The number of ether oxygens (including phenoxy) is 2. The Hall–Kier alpha value is -0.820. The van der Waals surface area contributed by atoms with Crippen molar-refractivity contribution in [1.29, 1.82) is 0 Å². The van der Waals surface area contributed by atoms with Crippen LogP contribution >= 0.6 is 0 Å². The van der Waals surface area contributed by atoms with Crippen LogP contribution < -0.4 is 4.72 Å². The molecule has 0 aromatic heterocycles. The number of sulfonamides is 1. The Morgan fingerprint density at radius 2 is 1.87 bits per heavy atom. The maximum absolute atomic E-state index is 11.2. The molecule has 0 unspecified atom stereocenters. The van der Waals surface area contributed by atoms with E-state index in [0.29, 0.717) is 0 Å². The van der Waals surface area contributed by atoms with Gasteiger partial charge in [0.05, 0.1) is 12.4 Å². The molecule has 0 spiro atoms. The molecular formula is C8H17NO5S. The lowest BCUT2D eigenvalue weighted by Gasteiger charge is -2.19. The van der Waals surface area contributed by atoms with Crippen molar-refractivity contribution in [3.63, 3.8) is 0 Å². The van der Waals surface area contributed by atoms with Gasteiger partial charge in [-0.1, -0.05) is 0 Å². The maximum atomic E-state index is 11.2. The van der Waals surface area contributed by atoms with Gasteiger partial charge in [0, 0.05) is 7.11 Å². The zero-order chi connectivity index (χ0) is 12.1. The predicted octanol–water partition coefficient (Wildman–Crippen LogP) is 0.487. The van der Waals surface area contributed by atoms with E-state index in [1.165, 1.54) is 7.11 Å². The second-order valence-corrected chi connectivity index (χ2v) is 5.76. The summed E-state index contributed by atoms with van der Waals surface area (Å²) in [7, 11) is -2.29.